The number of imide groups is 1. The van der Waals surface area contributed by atoms with E-state index in [-0.39, 0.29) is 11.8 Å². The summed E-state index contributed by atoms with van der Waals surface area (Å²) in [7, 11) is 0. The van der Waals surface area contributed by atoms with Crippen molar-refractivity contribution < 1.29 is 19.1 Å². The maximum Gasteiger partial charge on any atom is 0.240 e. The third kappa shape index (κ3) is 3.16. The summed E-state index contributed by atoms with van der Waals surface area (Å²) >= 11 is 0. The van der Waals surface area contributed by atoms with Crippen LogP contribution in [0.1, 0.15) is 43.3 Å². The van der Waals surface area contributed by atoms with Gasteiger partial charge in [-0.1, -0.05) is 24.3 Å². The Morgan fingerprint density at radius 1 is 1.08 bits per heavy atom. The van der Waals surface area contributed by atoms with E-state index in [1.165, 1.54) is 4.90 Å². The molecule has 3 aliphatic heterocycles. The summed E-state index contributed by atoms with van der Waals surface area (Å²) in [6.07, 6.45) is 1.88. The summed E-state index contributed by atoms with van der Waals surface area (Å²) in [5.74, 6) is -0.460. The summed E-state index contributed by atoms with van der Waals surface area (Å²) < 4.78 is 12.5. The third-order valence-electron chi connectivity index (χ3n) is 7.99. The Bertz CT molecular complexity index is 1460. The highest BCUT2D eigenvalue weighted by molar-refractivity contribution is 6.26. The molecule has 6 rings (SSSR count). The summed E-state index contributed by atoms with van der Waals surface area (Å²) in [6.45, 7) is 5.97. The van der Waals surface area contributed by atoms with Gasteiger partial charge in [-0.3, -0.25) is 9.59 Å². The predicted molar refractivity (Wildman–Crippen MR) is 131 cm³/mol. The number of ether oxygens (including phenoxy) is 2. The van der Waals surface area contributed by atoms with Gasteiger partial charge in [0.2, 0.25) is 17.7 Å². The minimum absolute atomic E-state index is 0.230. The molecule has 36 heavy (non-hydrogen) atoms. The third-order valence-corrected chi connectivity index (χ3v) is 7.99. The minimum Gasteiger partial charge on any atom is -0.477 e. The number of rotatable bonds is 5. The van der Waals surface area contributed by atoms with Crippen molar-refractivity contribution in [3.63, 3.8) is 0 Å². The van der Waals surface area contributed by atoms with Gasteiger partial charge in [0.25, 0.3) is 0 Å². The molecule has 0 N–H and O–H groups in total. The van der Waals surface area contributed by atoms with Crippen molar-refractivity contribution in [3.05, 3.63) is 59.5 Å². The first-order chi connectivity index (χ1) is 17.3. The Morgan fingerprint density at radius 2 is 1.83 bits per heavy atom. The van der Waals surface area contributed by atoms with E-state index in [0.29, 0.717) is 54.2 Å². The summed E-state index contributed by atoms with van der Waals surface area (Å²) in [5.41, 5.74) is 0.392. The molecule has 3 aliphatic rings. The van der Waals surface area contributed by atoms with Gasteiger partial charge in [0.15, 0.2) is 0 Å². The van der Waals surface area contributed by atoms with Crippen LogP contribution in [0.3, 0.4) is 0 Å². The maximum atomic E-state index is 14.0. The molecule has 2 amide bonds. The number of anilines is 1. The molecule has 0 radical (unpaired) electrons. The number of hydrogen-bond acceptors (Lipinski definition) is 7. The van der Waals surface area contributed by atoms with Crippen LogP contribution in [0, 0.1) is 37.0 Å². The molecular formula is C28H26N4O4. The Kier molecular flexibility index (Phi) is 4.92. The number of carbonyl (C=O) groups is 2. The number of benzene rings is 2. The van der Waals surface area contributed by atoms with Gasteiger partial charge in [0.05, 0.1) is 47.0 Å². The zero-order valence-electron chi connectivity index (χ0n) is 20.4. The highest BCUT2D eigenvalue weighted by Gasteiger charge is 2.73. The first-order valence-electron chi connectivity index (χ1n) is 12.2. The van der Waals surface area contributed by atoms with Crippen molar-refractivity contribution in [1.29, 1.82) is 5.26 Å². The fourth-order valence-corrected chi connectivity index (χ4v) is 6.51. The lowest BCUT2D eigenvalue weighted by Crippen LogP contribution is -2.43. The monoisotopic (exact) mass is 482 g/mol. The van der Waals surface area contributed by atoms with E-state index in [1.54, 1.807) is 18.2 Å². The predicted octanol–water partition coefficient (Wildman–Crippen LogP) is 4.01. The second kappa shape index (κ2) is 7.84. The quantitative estimate of drug-likeness (QED) is 0.506. The minimum atomic E-state index is -0.763. The van der Waals surface area contributed by atoms with Crippen LogP contribution in [0.4, 0.5) is 5.69 Å². The van der Waals surface area contributed by atoms with Crippen LogP contribution in [0.15, 0.2) is 42.5 Å². The van der Waals surface area contributed by atoms with Crippen molar-refractivity contribution >= 4 is 28.3 Å². The van der Waals surface area contributed by atoms with Gasteiger partial charge >= 0.3 is 0 Å². The summed E-state index contributed by atoms with van der Waals surface area (Å²) in [4.78, 5) is 37.7. The van der Waals surface area contributed by atoms with Gasteiger partial charge in [0, 0.05) is 29.0 Å². The summed E-state index contributed by atoms with van der Waals surface area (Å²) in [6, 6.07) is 14.7. The first kappa shape index (κ1) is 22.6. The zero-order chi connectivity index (χ0) is 25.2. The topological polar surface area (TPSA) is 105 Å². The zero-order valence-corrected chi connectivity index (χ0v) is 20.4. The molecular weight excluding hydrogens is 456 g/mol. The molecule has 8 heteroatoms. The molecule has 2 aromatic carbocycles. The van der Waals surface area contributed by atoms with E-state index in [0.717, 1.165) is 11.1 Å². The largest absolute Gasteiger partial charge is 0.477 e. The van der Waals surface area contributed by atoms with Crippen LogP contribution < -0.4 is 9.64 Å². The van der Waals surface area contributed by atoms with Crippen molar-refractivity contribution in [2.24, 2.45) is 11.8 Å². The van der Waals surface area contributed by atoms with Gasteiger partial charge < -0.3 is 9.47 Å². The number of aryl methyl sites for hydroxylation is 2. The first-order valence-corrected chi connectivity index (χ1v) is 12.2. The molecule has 182 valence electrons. The number of nitrogens with zero attached hydrogens (tertiary/aromatic N) is 4. The average molecular weight is 483 g/mol. The molecule has 8 nitrogen and oxygen atoms in total. The highest BCUT2D eigenvalue weighted by Crippen LogP contribution is 2.62. The molecule has 3 saturated heterocycles. The lowest BCUT2D eigenvalue weighted by atomic mass is 9.67. The molecule has 0 unspecified atom stereocenters. The summed E-state index contributed by atoms with van der Waals surface area (Å²) in [5, 5.41) is 11.0. The second-order valence-electron chi connectivity index (χ2n) is 10.2. The second-order valence-corrected chi connectivity index (χ2v) is 10.2. The van der Waals surface area contributed by atoms with Crippen LogP contribution >= 0.6 is 0 Å². The Balaban J connectivity index is 1.33. The maximum absolute atomic E-state index is 14.0. The van der Waals surface area contributed by atoms with Crippen molar-refractivity contribution in [3.8, 4) is 11.9 Å². The van der Waals surface area contributed by atoms with E-state index < -0.39 is 23.0 Å². The highest BCUT2D eigenvalue weighted by atomic mass is 16.5. The average Bonchev–Trinajstić information content (AvgIpc) is 3.42. The number of carbonyl (C=O) groups excluding carboxylic acids is 2. The van der Waals surface area contributed by atoms with Gasteiger partial charge in [-0.15, -0.1) is 0 Å². The smallest absolute Gasteiger partial charge is 0.240 e. The van der Waals surface area contributed by atoms with Gasteiger partial charge in [-0.05, 0) is 45.7 Å². The molecule has 0 saturated carbocycles. The van der Waals surface area contributed by atoms with E-state index in [1.807, 2.05) is 45.0 Å². The number of aromatic nitrogens is 2. The fraction of sp³-hybridized carbons (Fsp3) is 0.393. The van der Waals surface area contributed by atoms with Crippen molar-refractivity contribution in [2.45, 2.75) is 51.2 Å². The molecule has 3 aromatic rings. The molecule has 1 aromatic heterocycles. The van der Waals surface area contributed by atoms with E-state index in [2.05, 4.69) is 16.0 Å². The molecule has 4 atom stereocenters. The number of hydrogen-bond donors (Lipinski definition) is 0. The Morgan fingerprint density at radius 3 is 2.58 bits per heavy atom. The van der Waals surface area contributed by atoms with Crippen LogP contribution in [-0.4, -0.2) is 39.6 Å². The van der Waals surface area contributed by atoms with E-state index in [9.17, 15) is 14.9 Å². The van der Waals surface area contributed by atoms with Crippen LogP contribution in [-0.2, 0) is 14.3 Å². The Labute approximate surface area is 208 Å². The van der Waals surface area contributed by atoms with Gasteiger partial charge in [-0.2, -0.15) is 10.2 Å². The number of fused-ring (bicyclic) bond motifs is 6. The Hall–Kier alpha value is -3.83. The lowest BCUT2D eigenvalue weighted by Gasteiger charge is -2.31. The molecule has 0 aliphatic carbocycles. The van der Waals surface area contributed by atoms with E-state index >= 15 is 0 Å². The van der Waals surface area contributed by atoms with Gasteiger partial charge in [0.1, 0.15) is 5.82 Å². The van der Waals surface area contributed by atoms with Gasteiger partial charge in [-0.25, -0.2) is 9.88 Å². The number of nitriles is 1. The fourth-order valence-electron chi connectivity index (χ4n) is 6.51. The molecule has 4 heterocycles. The molecule has 3 fully saturated rings. The van der Waals surface area contributed by atoms with Crippen LogP contribution in [0.2, 0.25) is 0 Å². The standard InChI is InChI=1S/C28H26N4O4/c1-16-14-22(31-17(2)30-16)35-13-12-28-11-10-27(3,36-28)23-24(28)26(34)32(25(23)33)21-9-8-18(15-29)19-6-4-5-7-20(19)21/h4-9,14,23-24H,10-13H2,1-3H3/t23-,24+,27-,28-/m1/s1. The molecule has 0 spiro atoms. The SMILES string of the molecule is Cc1cc(OCC[C@@]23CC[C@@](C)(O2)[C@H]2C(=O)N(c4ccc(C#N)c5ccccc45)C(=O)[C@H]23)nc(C)n1. The van der Waals surface area contributed by atoms with Crippen LogP contribution in [0.25, 0.3) is 10.8 Å². The molecule has 2 bridgehead atoms. The van der Waals surface area contributed by atoms with Crippen LogP contribution in [0.5, 0.6) is 5.88 Å². The number of amides is 2. The van der Waals surface area contributed by atoms with E-state index in [4.69, 9.17) is 9.47 Å². The lowest BCUT2D eigenvalue weighted by molar-refractivity contribution is -0.131. The van der Waals surface area contributed by atoms with Crippen molar-refractivity contribution in [1.82, 2.24) is 9.97 Å². The van der Waals surface area contributed by atoms with Crippen molar-refractivity contribution in [2.75, 3.05) is 11.5 Å². The normalized spacial score (nSPS) is 28.6.